The molecule has 0 fully saturated rings. The number of nitrogens with two attached hydrogens (primary N) is 1. The number of nitrogens with zero attached hydrogens (tertiary/aromatic N) is 3. The van der Waals surface area contributed by atoms with Crippen LogP contribution in [0.2, 0.25) is 0 Å². The van der Waals surface area contributed by atoms with Crippen molar-refractivity contribution in [2.75, 3.05) is 26.4 Å². The molecule has 21 heavy (non-hydrogen) atoms. The van der Waals surface area contributed by atoms with E-state index in [-0.39, 0.29) is 5.82 Å². The van der Waals surface area contributed by atoms with Gasteiger partial charge in [0.2, 0.25) is 0 Å². The summed E-state index contributed by atoms with van der Waals surface area (Å²) in [6, 6.07) is 5.86. The van der Waals surface area contributed by atoms with Crippen molar-refractivity contribution in [2.24, 2.45) is 0 Å². The normalized spacial score (nSPS) is 11.0. The molecule has 2 rings (SSSR count). The molecule has 0 atom stereocenters. The molecule has 1 heterocycles. The van der Waals surface area contributed by atoms with E-state index in [9.17, 15) is 9.18 Å². The highest BCUT2D eigenvalue weighted by Gasteiger charge is 2.16. The lowest BCUT2D eigenvalue weighted by atomic mass is 10.1. The molecule has 0 saturated heterocycles. The van der Waals surface area contributed by atoms with Crippen molar-refractivity contribution >= 4 is 12.1 Å². The van der Waals surface area contributed by atoms with Gasteiger partial charge >= 0.3 is 0 Å². The molecule has 0 amide bonds. The zero-order valence-electron chi connectivity index (χ0n) is 12.2. The van der Waals surface area contributed by atoms with Gasteiger partial charge in [0.1, 0.15) is 17.3 Å². The zero-order chi connectivity index (χ0) is 15.4. The number of rotatable bonds is 6. The maximum Gasteiger partial charge on any atom is 0.156 e. The van der Waals surface area contributed by atoms with E-state index >= 15 is 0 Å². The van der Waals surface area contributed by atoms with Crippen LogP contribution in [0, 0.1) is 5.82 Å². The van der Waals surface area contributed by atoms with Crippen LogP contribution in [-0.4, -0.2) is 41.6 Å². The van der Waals surface area contributed by atoms with Crippen molar-refractivity contribution < 1.29 is 9.18 Å². The summed E-state index contributed by atoms with van der Waals surface area (Å²) in [5.74, 6) is 0.0212. The van der Waals surface area contributed by atoms with Crippen molar-refractivity contribution in [3.05, 3.63) is 35.6 Å². The van der Waals surface area contributed by atoms with Gasteiger partial charge in [-0.2, -0.15) is 5.10 Å². The fraction of sp³-hybridized carbons (Fsp3) is 0.333. The molecule has 0 spiro atoms. The average molecular weight is 290 g/mol. The lowest BCUT2D eigenvalue weighted by Crippen LogP contribution is -2.16. The largest absolute Gasteiger partial charge is 0.383 e. The van der Waals surface area contributed by atoms with Crippen LogP contribution < -0.4 is 5.73 Å². The van der Waals surface area contributed by atoms with Crippen LogP contribution in [-0.2, 0) is 6.54 Å². The lowest BCUT2D eigenvalue weighted by molar-refractivity contribution is 0.112. The van der Waals surface area contributed by atoms with Crippen LogP contribution >= 0.6 is 0 Å². The Morgan fingerprint density at radius 2 is 2.00 bits per heavy atom. The van der Waals surface area contributed by atoms with Gasteiger partial charge in [-0.1, -0.05) is 0 Å². The molecule has 2 N–H and O–H groups in total. The van der Waals surface area contributed by atoms with Crippen LogP contribution in [0.25, 0.3) is 11.3 Å². The lowest BCUT2D eigenvalue weighted by Gasteiger charge is -2.09. The molecular formula is C15H19FN4O. The fourth-order valence-corrected chi connectivity index (χ4v) is 2.13. The van der Waals surface area contributed by atoms with Gasteiger partial charge in [0, 0.05) is 12.1 Å². The smallest absolute Gasteiger partial charge is 0.156 e. The second-order valence-corrected chi connectivity index (χ2v) is 5.15. The molecule has 5 nitrogen and oxygen atoms in total. The molecule has 0 radical (unpaired) electrons. The number of benzene rings is 1. The second kappa shape index (κ2) is 6.49. The summed E-state index contributed by atoms with van der Waals surface area (Å²) in [4.78, 5) is 13.3. The van der Waals surface area contributed by atoms with Gasteiger partial charge in [-0.25, -0.2) is 9.07 Å². The number of hydrogen-bond acceptors (Lipinski definition) is 4. The van der Waals surface area contributed by atoms with E-state index in [0.717, 1.165) is 13.0 Å². The highest BCUT2D eigenvalue weighted by Crippen LogP contribution is 2.26. The Morgan fingerprint density at radius 3 is 2.57 bits per heavy atom. The van der Waals surface area contributed by atoms with Gasteiger partial charge in [-0.3, -0.25) is 4.79 Å². The molecule has 0 unspecified atom stereocenters. The van der Waals surface area contributed by atoms with Gasteiger partial charge in [-0.05, 0) is 51.3 Å². The van der Waals surface area contributed by atoms with Crippen molar-refractivity contribution in [1.82, 2.24) is 14.7 Å². The Kier molecular flexibility index (Phi) is 4.70. The van der Waals surface area contributed by atoms with Crippen LogP contribution in [0.5, 0.6) is 0 Å². The number of aromatic nitrogens is 2. The Morgan fingerprint density at radius 1 is 1.33 bits per heavy atom. The van der Waals surface area contributed by atoms with Crippen LogP contribution in [0.3, 0.4) is 0 Å². The van der Waals surface area contributed by atoms with E-state index in [4.69, 9.17) is 5.73 Å². The van der Waals surface area contributed by atoms with Gasteiger partial charge in [0.05, 0.1) is 5.56 Å². The zero-order valence-corrected chi connectivity index (χ0v) is 12.2. The van der Waals surface area contributed by atoms with Gasteiger partial charge < -0.3 is 10.6 Å². The molecule has 1 aromatic carbocycles. The molecule has 0 aliphatic carbocycles. The summed E-state index contributed by atoms with van der Waals surface area (Å²) < 4.78 is 14.6. The molecule has 6 heteroatoms. The number of hydrogen-bond donors (Lipinski definition) is 1. The summed E-state index contributed by atoms with van der Waals surface area (Å²) in [6.45, 7) is 1.54. The molecule has 0 saturated carbocycles. The fourth-order valence-electron chi connectivity index (χ4n) is 2.13. The van der Waals surface area contributed by atoms with E-state index < -0.39 is 0 Å². The molecule has 1 aromatic heterocycles. The number of aryl methyl sites for hydroxylation is 1. The maximum absolute atomic E-state index is 13.0. The van der Waals surface area contributed by atoms with Crippen molar-refractivity contribution in [1.29, 1.82) is 0 Å². The first-order chi connectivity index (χ1) is 10.0. The first-order valence-electron chi connectivity index (χ1n) is 6.75. The third-order valence-electron chi connectivity index (χ3n) is 3.24. The van der Waals surface area contributed by atoms with Crippen molar-refractivity contribution in [2.45, 2.75) is 13.0 Å². The van der Waals surface area contributed by atoms with Gasteiger partial charge in [0.25, 0.3) is 0 Å². The van der Waals surface area contributed by atoms with Crippen molar-refractivity contribution in [3.63, 3.8) is 0 Å². The Hall–Kier alpha value is -2.21. The number of anilines is 1. The topological polar surface area (TPSA) is 64.2 Å². The second-order valence-electron chi connectivity index (χ2n) is 5.15. The number of aldehydes is 1. The highest BCUT2D eigenvalue weighted by atomic mass is 19.1. The summed E-state index contributed by atoms with van der Waals surface area (Å²) >= 11 is 0. The summed E-state index contributed by atoms with van der Waals surface area (Å²) in [5.41, 5.74) is 7.50. The number of carbonyl (C=O) groups excluding carboxylic acids is 1. The van der Waals surface area contributed by atoms with E-state index in [1.54, 1.807) is 16.8 Å². The van der Waals surface area contributed by atoms with E-state index in [2.05, 4.69) is 10.00 Å². The van der Waals surface area contributed by atoms with E-state index in [0.29, 0.717) is 35.5 Å². The number of nitrogen functional groups attached to an aromatic ring is 1. The van der Waals surface area contributed by atoms with Crippen molar-refractivity contribution in [3.8, 4) is 11.3 Å². The Labute approximate surface area is 123 Å². The number of carbonyl (C=O) groups is 1. The standard InChI is InChI=1S/C15H19FN4O/c1-19(2)8-3-9-20-15(17)13(10-21)14(18-20)11-4-6-12(16)7-5-11/h4-7,10H,3,8-9,17H2,1-2H3. The molecule has 0 aliphatic heterocycles. The molecule has 2 aromatic rings. The van der Waals surface area contributed by atoms with Gasteiger partial charge in [0.15, 0.2) is 6.29 Å². The Bertz CT molecular complexity index is 619. The molecular weight excluding hydrogens is 271 g/mol. The van der Waals surface area contributed by atoms with Crippen LogP contribution in [0.15, 0.2) is 24.3 Å². The monoisotopic (exact) mass is 290 g/mol. The average Bonchev–Trinajstić information content (AvgIpc) is 2.76. The first-order valence-corrected chi connectivity index (χ1v) is 6.75. The van der Waals surface area contributed by atoms with E-state index in [1.165, 1.54) is 12.1 Å². The molecule has 0 aliphatic rings. The maximum atomic E-state index is 13.0. The highest BCUT2D eigenvalue weighted by molar-refractivity contribution is 5.91. The third-order valence-corrected chi connectivity index (χ3v) is 3.24. The molecule has 112 valence electrons. The predicted molar refractivity (Wildman–Crippen MR) is 80.6 cm³/mol. The summed E-state index contributed by atoms with van der Waals surface area (Å²) in [7, 11) is 3.99. The minimum absolute atomic E-state index is 0.329. The minimum atomic E-state index is -0.329. The van der Waals surface area contributed by atoms with E-state index in [1.807, 2.05) is 14.1 Å². The minimum Gasteiger partial charge on any atom is -0.383 e. The molecule has 0 bridgehead atoms. The number of halogens is 1. The first kappa shape index (κ1) is 15.2. The quantitative estimate of drug-likeness (QED) is 0.827. The SMILES string of the molecule is CN(C)CCCn1nc(-c2ccc(F)cc2)c(C=O)c1N. The van der Waals surface area contributed by atoms with Gasteiger partial charge in [-0.15, -0.1) is 0 Å². The third kappa shape index (κ3) is 3.46. The van der Waals surface area contributed by atoms with Crippen LogP contribution in [0.4, 0.5) is 10.2 Å². The van der Waals surface area contributed by atoms with Crippen LogP contribution in [0.1, 0.15) is 16.8 Å². The summed E-state index contributed by atoms with van der Waals surface area (Å²) in [6.07, 6.45) is 1.57. The predicted octanol–water partition coefficient (Wildman–Crippen LogP) is 2.04. The Balaban J connectivity index is 2.29. The summed E-state index contributed by atoms with van der Waals surface area (Å²) in [5, 5.41) is 4.40.